The molecule has 118 valence electrons. The largest absolute Gasteiger partial charge is 0.452 e. The molecule has 0 radical (unpaired) electrons. The minimum absolute atomic E-state index is 0.0637. The van der Waals surface area contributed by atoms with Crippen LogP contribution in [0.2, 0.25) is 0 Å². The van der Waals surface area contributed by atoms with Crippen LogP contribution in [0.3, 0.4) is 0 Å². The zero-order valence-electron chi connectivity index (χ0n) is 11.8. The molecule has 0 aliphatic rings. The van der Waals surface area contributed by atoms with Crippen molar-refractivity contribution < 1.29 is 24.0 Å². The number of nitrogens with one attached hydrogen (secondary N) is 2. The Morgan fingerprint density at radius 1 is 1.23 bits per heavy atom. The predicted octanol–water partition coefficient (Wildman–Crippen LogP) is 0.987. The zero-order valence-corrected chi connectivity index (χ0v) is 11.8. The second-order valence-corrected chi connectivity index (χ2v) is 4.18. The van der Waals surface area contributed by atoms with E-state index in [4.69, 9.17) is 4.74 Å². The number of carbonyl (C=O) groups is 3. The van der Waals surface area contributed by atoms with Gasteiger partial charge >= 0.3 is 12.0 Å². The van der Waals surface area contributed by atoms with Crippen LogP contribution >= 0.6 is 0 Å². The molecule has 0 atom stereocenters. The van der Waals surface area contributed by atoms with Gasteiger partial charge in [-0.05, 0) is 18.6 Å². The number of non-ortho nitro benzene ring substituents is 1. The summed E-state index contributed by atoms with van der Waals surface area (Å²) in [7, 11) is 0. The van der Waals surface area contributed by atoms with Gasteiger partial charge in [0, 0.05) is 18.7 Å². The van der Waals surface area contributed by atoms with Gasteiger partial charge in [-0.1, -0.05) is 6.92 Å². The van der Waals surface area contributed by atoms with E-state index in [0.717, 1.165) is 18.6 Å². The van der Waals surface area contributed by atoms with Gasteiger partial charge in [0.2, 0.25) is 0 Å². The van der Waals surface area contributed by atoms with Gasteiger partial charge < -0.3 is 10.1 Å². The van der Waals surface area contributed by atoms with Crippen LogP contribution in [0, 0.1) is 10.1 Å². The molecule has 0 aliphatic carbocycles. The Balaban J connectivity index is 2.43. The first-order valence-corrected chi connectivity index (χ1v) is 6.43. The van der Waals surface area contributed by atoms with Crippen LogP contribution in [-0.4, -0.2) is 36.0 Å². The topological polar surface area (TPSA) is 128 Å². The number of benzene rings is 1. The van der Waals surface area contributed by atoms with E-state index in [1.54, 1.807) is 0 Å². The molecule has 1 aromatic carbocycles. The number of nitro groups is 1. The van der Waals surface area contributed by atoms with Gasteiger partial charge in [-0.25, -0.2) is 9.59 Å². The van der Waals surface area contributed by atoms with Crippen molar-refractivity contribution in [2.75, 3.05) is 13.2 Å². The Morgan fingerprint density at radius 3 is 2.41 bits per heavy atom. The molecule has 22 heavy (non-hydrogen) atoms. The van der Waals surface area contributed by atoms with Crippen molar-refractivity contribution >= 4 is 23.6 Å². The quantitative estimate of drug-likeness (QED) is 0.458. The third kappa shape index (κ3) is 5.57. The van der Waals surface area contributed by atoms with Crippen LogP contribution < -0.4 is 10.6 Å². The molecule has 3 amide bonds. The van der Waals surface area contributed by atoms with E-state index in [1.807, 2.05) is 12.2 Å². The van der Waals surface area contributed by atoms with E-state index in [0.29, 0.717) is 6.54 Å². The Bertz CT molecular complexity index is 570. The summed E-state index contributed by atoms with van der Waals surface area (Å²) in [5.41, 5.74) is -0.101. The van der Waals surface area contributed by atoms with Gasteiger partial charge in [-0.3, -0.25) is 20.2 Å². The molecular formula is C13H15N3O6. The molecule has 0 bridgehead atoms. The summed E-state index contributed by atoms with van der Waals surface area (Å²) < 4.78 is 4.69. The summed E-state index contributed by atoms with van der Waals surface area (Å²) in [6.45, 7) is 1.64. The van der Waals surface area contributed by atoms with Gasteiger partial charge in [0.1, 0.15) is 0 Å². The molecule has 1 aromatic rings. The van der Waals surface area contributed by atoms with Crippen LogP contribution in [0.5, 0.6) is 0 Å². The van der Waals surface area contributed by atoms with Crippen LogP contribution in [0.25, 0.3) is 0 Å². The molecule has 0 unspecified atom stereocenters. The number of amides is 3. The maximum absolute atomic E-state index is 11.6. The first kappa shape index (κ1) is 17.1. The number of hydrogen-bond acceptors (Lipinski definition) is 6. The number of ether oxygens (including phenoxy) is 1. The van der Waals surface area contributed by atoms with Crippen molar-refractivity contribution in [3.8, 4) is 0 Å². The number of nitro benzene ring substituents is 1. The van der Waals surface area contributed by atoms with E-state index in [1.165, 1.54) is 12.1 Å². The highest BCUT2D eigenvalue weighted by Gasteiger charge is 2.13. The Morgan fingerprint density at radius 2 is 1.86 bits per heavy atom. The molecule has 0 aromatic heterocycles. The predicted molar refractivity (Wildman–Crippen MR) is 75.2 cm³/mol. The summed E-state index contributed by atoms with van der Waals surface area (Å²) >= 11 is 0. The fourth-order valence-corrected chi connectivity index (χ4v) is 1.38. The highest BCUT2D eigenvalue weighted by atomic mass is 16.6. The van der Waals surface area contributed by atoms with E-state index in [9.17, 15) is 24.5 Å². The fourth-order valence-electron chi connectivity index (χ4n) is 1.38. The summed E-state index contributed by atoms with van der Waals surface area (Å²) in [5.74, 6) is -1.59. The Labute approximate surface area is 125 Å². The summed E-state index contributed by atoms with van der Waals surface area (Å²) in [6, 6.07) is 4.06. The molecule has 0 spiro atoms. The average Bonchev–Trinajstić information content (AvgIpc) is 2.50. The third-order valence-corrected chi connectivity index (χ3v) is 2.44. The molecule has 9 heteroatoms. The second kappa shape index (κ2) is 8.35. The Kier molecular flexibility index (Phi) is 6.48. The lowest BCUT2D eigenvalue weighted by Gasteiger charge is -2.06. The maximum Gasteiger partial charge on any atom is 0.338 e. The van der Waals surface area contributed by atoms with Gasteiger partial charge in [0.05, 0.1) is 10.5 Å². The molecule has 0 fully saturated rings. The number of carbonyl (C=O) groups excluding carboxylic acids is 3. The molecule has 2 N–H and O–H groups in total. The van der Waals surface area contributed by atoms with E-state index >= 15 is 0 Å². The summed E-state index contributed by atoms with van der Waals surface area (Å²) in [5, 5.41) is 14.9. The number of hydrogen-bond donors (Lipinski definition) is 2. The van der Waals surface area contributed by atoms with Crippen molar-refractivity contribution in [1.82, 2.24) is 10.6 Å². The van der Waals surface area contributed by atoms with Gasteiger partial charge in [-0.15, -0.1) is 0 Å². The number of urea groups is 1. The molecule has 0 aliphatic heterocycles. The molecule has 0 heterocycles. The highest BCUT2D eigenvalue weighted by Crippen LogP contribution is 2.12. The molecular weight excluding hydrogens is 294 g/mol. The lowest BCUT2D eigenvalue weighted by atomic mass is 10.2. The Hall–Kier alpha value is -2.97. The van der Waals surface area contributed by atoms with E-state index in [2.05, 4.69) is 5.32 Å². The lowest BCUT2D eigenvalue weighted by molar-refractivity contribution is -0.384. The van der Waals surface area contributed by atoms with Crippen molar-refractivity contribution in [1.29, 1.82) is 0 Å². The van der Waals surface area contributed by atoms with Crippen molar-refractivity contribution in [3.63, 3.8) is 0 Å². The summed E-state index contributed by atoms with van der Waals surface area (Å²) in [6.07, 6.45) is 0.719. The summed E-state index contributed by atoms with van der Waals surface area (Å²) in [4.78, 5) is 44.0. The first-order valence-electron chi connectivity index (χ1n) is 6.43. The van der Waals surface area contributed by atoms with Crippen LogP contribution in [0.15, 0.2) is 24.3 Å². The normalized spacial score (nSPS) is 9.68. The molecule has 9 nitrogen and oxygen atoms in total. The van der Waals surface area contributed by atoms with Crippen molar-refractivity contribution in [3.05, 3.63) is 39.9 Å². The number of esters is 1. The van der Waals surface area contributed by atoms with Crippen LogP contribution in [0.1, 0.15) is 23.7 Å². The van der Waals surface area contributed by atoms with E-state index < -0.39 is 29.4 Å². The van der Waals surface area contributed by atoms with E-state index in [-0.39, 0.29) is 11.3 Å². The fraction of sp³-hybridized carbons (Fsp3) is 0.308. The van der Waals surface area contributed by atoms with Crippen molar-refractivity contribution in [2.24, 2.45) is 0 Å². The SMILES string of the molecule is CCCNC(=O)NC(=O)COC(=O)c1ccc([N+](=O)[O-])cc1. The average molecular weight is 309 g/mol. The minimum atomic E-state index is -0.820. The van der Waals surface area contributed by atoms with Crippen molar-refractivity contribution in [2.45, 2.75) is 13.3 Å². The standard InChI is InChI=1S/C13H15N3O6/c1-2-7-14-13(19)15-11(17)8-22-12(18)9-3-5-10(6-4-9)16(20)21/h3-6H,2,7-8H2,1H3,(H2,14,15,17,19). The highest BCUT2D eigenvalue weighted by molar-refractivity contribution is 5.97. The molecule has 0 saturated carbocycles. The molecule has 0 saturated heterocycles. The minimum Gasteiger partial charge on any atom is -0.452 e. The number of nitrogens with zero attached hydrogens (tertiary/aromatic N) is 1. The van der Waals surface area contributed by atoms with Gasteiger partial charge in [0.15, 0.2) is 6.61 Å². The monoisotopic (exact) mass is 309 g/mol. The smallest absolute Gasteiger partial charge is 0.338 e. The number of imide groups is 1. The molecule has 1 rings (SSSR count). The third-order valence-electron chi connectivity index (χ3n) is 2.44. The maximum atomic E-state index is 11.6. The number of rotatable bonds is 6. The lowest BCUT2D eigenvalue weighted by Crippen LogP contribution is -2.41. The first-order chi connectivity index (χ1) is 10.4. The van der Waals surface area contributed by atoms with Gasteiger partial charge in [-0.2, -0.15) is 0 Å². The zero-order chi connectivity index (χ0) is 16.5. The van der Waals surface area contributed by atoms with Gasteiger partial charge in [0.25, 0.3) is 11.6 Å². The van der Waals surface area contributed by atoms with Crippen LogP contribution in [-0.2, 0) is 9.53 Å². The second-order valence-electron chi connectivity index (χ2n) is 4.18. The van der Waals surface area contributed by atoms with Crippen LogP contribution in [0.4, 0.5) is 10.5 Å².